The Morgan fingerprint density at radius 1 is 1.53 bits per heavy atom. The monoisotopic (exact) mass is 228 g/mol. The summed E-state index contributed by atoms with van der Waals surface area (Å²) in [5.74, 6) is 0. The second-order valence-corrected chi connectivity index (χ2v) is 3.73. The van der Waals surface area contributed by atoms with Crippen molar-refractivity contribution in [3.8, 4) is 0 Å². The van der Waals surface area contributed by atoms with E-state index in [0.29, 0.717) is 13.2 Å². The van der Waals surface area contributed by atoms with Crippen molar-refractivity contribution in [2.24, 2.45) is 5.73 Å². The Morgan fingerprint density at radius 2 is 2.33 bits per heavy atom. The molecule has 84 valence electrons. The first-order valence-corrected chi connectivity index (χ1v) is 5.33. The Labute approximate surface area is 95.6 Å². The number of benzene rings is 1. The van der Waals surface area contributed by atoms with Crippen molar-refractivity contribution in [2.75, 3.05) is 26.8 Å². The topological polar surface area (TPSA) is 47.3 Å². The molecule has 0 fully saturated rings. The predicted octanol–water partition coefficient (Wildman–Crippen LogP) is 1.58. The number of ether oxygens (including phenoxy) is 1. The highest BCUT2D eigenvalue weighted by molar-refractivity contribution is 6.30. The van der Waals surface area contributed by atoms with E-state index < -0.39 is 0 Å². The molecule has 1 rings (SSSR count). The minimum absolute atomic E-state index is 0.138. The number of hydrogen-bond donors (Lipinski definition) is 2. The minimum atomic E-state index is 0.138. The van der Waals surface area contributed by atoms with Gasteiger partial charge in [0.2, 0.25) is 0 Å². The van der Waals surface area contributed by atoms with Crippen molar-refractivity contribution in [3.63, 3.8) is 0 Å². The van der Waals surface area contributed by atoms with Crippen molar-refractivity contribution >= 4 is 11.6 Å². The average molecular weight is 229 g/mol. The maximum Gasteiger partial charge on any atom is 0.0587 e. The molecule has 3 N–H and O–H groups in total. The van der Waals surface area contributed by atoms with Crippen LogP contribution in [0.4, 0.5) is 0 Å². The summed E-state index contributed by atoms with van der Waals surface area (Å²) in [6.07, 6.45) is 0. The number of nitrogens with two attached hydrogens (primary N) is 1. The van der Waals surface area contributed by atoms with Gasteiger partial charge < -0.3 is 15.8 Å². The first kappa shape index (κ1) is 12.5. The molecule has 1 atom stereocenters. The lowest BCUT2D eigenvalue weighted by molar-refractivity contribution is 0.196. The molecule has 0 bridgehead atoms. The molecule has 0 spiro atoms. The third kappa shape index (κ3) is 4.18. The first-order chi connectivity index (χ1) is 7.27. The van der Waals surface area contributed by atoms with Crippen LogP contribution in [0.3, 0.4) is 0 Å². The first-order valence-electron chi connectivity index (χ1n) is 4.95. The lowest BCUT2D eigenvalue weighted by Crippen LogP contribution is -2.30. The van der Waals surface area contributed by atoms with Crippen LogP contribution >= 0.6 is 11.6 Å². The van der Waals surface area contributed by atoms with E-state index in [2.05, 4.69) is 5.32 Å². The molecular weight excluding hydrogens is 212 g/mol. The molecule has 1 aromatic carbocycles. The van der Waals surface area contributed by atoms with E-state index in [1.165, 1.54) is 0 Å². The minimum Gasteiger partial charge on any atom is -0.383 e. The fraction of sp³-hybridized carbons (Fsp3) is 0.455. The molecule has 0 aromatic heterocycles. The highest BCUT2D eigenvalue weighted by Crippen LogP contribution is 2.16. The molecular formula is C11H17ClN2O. The van der Waals surface area contributed by atoms with Gasteiger partial charge in [0.1, 0.15) is 0 Å². The van der Waals surface area contributed by atoms with Crippen LogP contribution in [0, 0.1) is 0 Å². The predicted molar refractivity (Wildman–Crippen MR) is 63.1 cm³/mol. The van der Waals surface area contributed by atoms with E-state index >= 15 is 0 Å². The molecule has 0 saturated carbocycles. The van der Waals surface area contributed by atoms with Gasteiger partial charge in [-0.2, -0.15) is 0 Å². The zero-order valence-electron chi connectivity index (χ0n) is 8.87. The number of methoxy groups -OCH3 is 1. The summed E-state index contributed by atoms with van der Waals surface area (Å²) in [4.78, 5) is 0. The summed E-state index contributed by atoms with van der Waals surface area (Å²) in [7, 11) is 1.68. The van der Waals surface area contributed by atoms with Crippen LogP contribution in [0.25, 0.3) is 0 Å². The Bertz CT molecular complexity index is 294. The van der Waals surface area contributed by atoms with Gasteiger partial charge in [0.25, 0.3) is 0 Å². The summed E-state index contributed by atoms with van der Waals surface area (Å²) in [5.41, 5.74) is 6.80. The smallest absolute Gasteiger partial charge is 0.0587 e. The molecule has 15 heavy (non-hydrogen) atoms. The van der Waals surface area contributed by atoms with Gasteiger partial charge in [-0.05, 0) is 17.7 Å². The Hall–Kier alpha value is -0.610. The Morgan fingerprint density at radius 3 is 2.93 bits per heavy atom. The molecule has 0 radical (unpaired) electrons. The van der Waals surface area contributed by atoms with E-state index in [4.69, 9.17) is 22.1 Å². The van der Waals surface area contributed by atoms with Gasteiger partial charge in [-0.1, -0.05) is 23.7 Å². The quantitative estimate of drug-likeness (QED) is 0.727. The SMILES string of the molecule is COCCNC(CN)c1cccc(Cl)c1. The van der Waals surface area contributed by atoms with Crippen LogP contribution in [0.5, 0.6) is 0 Å². The Balaban J connectivity index is 2.57. The van der Waals surface area contributed by atoms with Crippen LogP contribution in [0.15, 0.2) is 24.3 Å². The van der Waals surface area contributed by atoms with Gasteiger partial charge in [0.05, 0.1) is 6.61 Å². The summed E-state index contributed by atoms with van der Waals surface area (Å²) < 4.78 is 4.97. The standard InChI is InChI=1S/C11H17ClN2O/c1-15-6-5-14-11(8-13)9-3-2-4-10(12)7-9/h2-4,7,11,14H,5-6,8,13H2,1H3. The average Bonchev–Trinajstić information content (AvgIpc) is 2.24. The van der Waals surface area contributed by atoms with Crippen molar-refractivity contribution in [1.29, 1.82) is 0 Å². The number of hydrogen-bond acceptors (Lipinski definition) is 3. The van der Waals surface area contributed by atoms with Gasteiger partial charge in [0.15, 0.2) is 0 Å². The van der Waals surface area contributed by atoms with Gasteiger partial charge in [-0.3, -0.25) is 0 Å². The molecule has 1 unspecified atom stereocenters. The fourth-order valence-corrected chi connectivity index (χ4v) is 1.59. The lowest BCUT2D eigenvalue weighted by Gasteiger charge is -2.17. The maximum atomic E-state index is 5.91. The molecule has 1 aromatic rings. The van der Waals surface area contributed by atoms with Gasteiger partial charge in [-0.15, -0.1) is 0 Å². The normalized spacial score (nSPS) is 12.7. The van der Waals surface area contributed by atoms with Crippen molar-refractivity contribution in [3.05, 3.63) is 34.9 Å². The highest BCUT2D eigenvalue weighted by Gasteiger charge is 2.08. The van der Waals surface area contributed by atoms with Gasteiger partial charge >= 0.3 is 0 Å². The van der Waals surface area contributed by atoms with E-state index in [0.717, 1.165) is 17.1 Å². The number of rotatable bonds is 6. The fourth-order valence-electron chi connectivity index (χ4n) is 1.40. The van der Waals surface area contributed by atoms with E-state index in [9.17, 15) is 0 Å². The number of nitrogens with one attached hydrogen (secondary N) is 1. The summed E-state index contributed by atoms with van der Waals surface area (Å²) >= 11 is 5.91. The number of halogens is 1. The molecule has 0 amide bonds. The van der Waals surface area contributed by atoms with Gasteiger partial charge in [0, 0.05) is 31.3 Å². The second kappa shape index (κ2) is 6.80. The van der Waals surface area contributed by atoms with E-state index in [1.54, 1.807) is 7.11 Å². The van der Waals surface area contributed by atoms with E-state index in [-0.39, 0.29) is 6.04 Å². The van der Waals surface area contributed by atoms with Crippen LogP contribution in [0.1, 0.15) is 11.6 Å². The van der Waals surface area contributed by atoms with Crippen molar-refractivity contribution in [1.82, 2.24) is 5.32 Å². The second-order valence-electron chi connectivity index (χ2n) is 3.29. The molecule has 3 nitrogen and oxygen atoms in total. The summed E-state index contributed by atoms with van der Waals surface area (Å²) in [5, 5.41) is 4.04. The van der Waals surface area contributed by atoms with Crippen molar-refractivity contribution < 1.29 is 4.74 Å². The van der Waals surface area contributed by atoms with Crippen LogP contribution in [-0.2, 0) is 4.74 Å². The molecule has 0 aliphatic carbocycles. The van der Waals surface area contributed by atoms with Crippen molar-refractivity contribution in [2.45, 2.75) is 6.04 Å². The zero-order valence-corrected chi connectivity index (χ0v) is 9.63. The third-order valence-electron chi connectivity index (χ3n) is 2.18. The molecule has 0 heterocycles. The van der Waals surface area contributed by atoms with Crippen LogP contribution < -0.4 is 11.1 Å². The Kier molecular flexibility index (Phi) is 5.65. The van der Waals surface area contributed by atoms with Crippen LogP contribution in [0.2, 0.25) is 5.02 Å². The largest absolute Gasteiger partial charge is 0.383 e. The molecule has 4 heteroatoms. The lowest BCUT2D eigenvalue weighted by atomic mass is 10.1. The van der Waals surface area contributed by atoms with E-state index in [1.807, 2.05) is 24.3 Å². The molecule has 0 aliphatic heterocycles. The van der Waals surface area contributed by atoms with Gasteiger partial charge in [-0.25, -0.2) is 0 Å². The zero-order chi connectivity index (χ0) is 11.1. The summed E-state index contributed by atoms with van der Waals surface area (Å²) in [6.45, 7) is 2.01. The highest BCUT2D eigenvalue weighted by atomic mass is 35.5. The molecule has 0 aliphatic rings. The third-order valence-corrected chi connectivity index (χ3v) is 2.42. The van der Waals surface area contributed by atoms with Crippen LogP contribution in [-0.4, -0.2) is 26.8 Å². The summed E-state index contributed by atoms with van der Waals surface area (Å²) in [6, 6.07) is 7.87. The maximum absolute atomic E-state index is 5.91. The molecule has 0 saturated heterocycles.